The predicted molar refractivity (Wildman–Crippen MR) is 95.5 cm³/mol. The number of rotatable bonds is 5. The van der Waals surface area contributed by atoms with Gasteiger partial charge in [-0.3, -0.25) is 10.0 Å². The maximum Gasteiger partial charge on any atom is 0.293 e. The lowest BCUT2D eigenvalue weighted by Crippen LogP contribution is -2.22. The van der Waals surface area contributed by atoms with E-state index in [4.69, 9.17) is 5.21 Å². The number of para-hydroxylation sites is 1. The van der Waals surface area contributed by atoms with Gasteiger partial charge >= 0.3 is 0 Å². The molecule has 0 spiro atoms. The minimum atomic E-state index is -0.553. The third-order valence-electron chi connectivity index (χ3n) is 4.59. The van der Waals surface area contributed by atoms with Gasteiger partial charge in [0.05, 0.1) is 11.2 Å². The number of hydroxylamine groups is 1. The number of benzene rings is 1. The molecular weight excluding hydrogens is 302 g/mol. The van der Waals surface area contributed by atoms with Gasteiger partial charge in [0, 0.05) is 22.8 Å². The number of nitrogens with one attached hydrogen (secondary N) is 1. The highest BCUT2D eigenvalue weighted by Crippen LogP contribution is 2.34. The summed E-state index contributed by atoms with van der Waals surface area (Å²) in [7, 11) is 0. The molecule has 0 saturated heterocycles. The smallest absolute Gasteiger partial charge is 0.293 e. The third kappa shape index (κ3) is 2.45. The molecule has 2 aromatic heterocycles. The van der Waals surface area contributed by atoms with Crippen molar-refractivity contribution in [2.75, 3.05) is 0 Å². The van der Waals surface area contributed by atoms with Crippen LogP contribution in [0.4, 0.5) is 0 Å². The van der Waals surface area contributed by atoms with Gasteiger partial charge in [0.25, 0.3) is 5.91 Å². The average Bonchev–Trinajstić information content (AvgIpc) is 2.94. The second-order valence-corrected chi connectivity index (χ2v) is 6.06. The first-order chi connectivity index (χ1) is 11.6. The van der Waals surface area contributed by atoms with Gasteiger partial charge in [-0.05, 0) is 31.4 Å². The Kier molecular flexibility index (Phi) is 4.53. The fraction of sp³-hybridized carbons (Fsp3) is 0.368. The molecule has 0 atom stereocenters. The van der Waals surface area contributed by atoms with Gasteiger partial charge in [0.2, 0.25) is 0 Å². The number of aryl methyl sites for hydroxylation is 3. The zero-order valence-corrected chi connectivity index (χ0v) is 14.4. The number of hydrogen-bond acceptors (Lipinski definition) is 3. The topological polar surface area (TPSA) is 67.2 Å². The van der Waals surface area contributed by atoms with Crippen LogP contribution in [-0.4, -0.2) is 20.7 Å². The molecular formula is C19H23N3O2. The van der Waals surface area contributed by atoms with Gasteiger partial charge in [-0.1, -0.05) is 38.5 Å². The highest BCUT2D eigenvalue weighted by molar-refractivity contribution is 6.13. The predicted octanol–water partition coefficient (Wildman–Crippen LogP) is 3.98. The van der Waals surface area contributed by atoms with Gasteiger partial charge in [0.1, 0.15) is 5.69 Å². The molecule has 3 aromatic rings. The number of hydrogen-bond donors (Lipinski definition) is 2. The fourth-order valence-corrected chi connectivity index (χ4v) is 3.53. The summed E-state index contributed by atoms with van der Waals surface area (Å²) in [4.78, 5) is 16.6. The van der Waals surface area contributed by atoms with Crippen molar-refractivity contribution in [1.29, 1.82) is 0 Å². The molecule has 0 fully saturated rings. The molecule has 2 heterocycles. The first kappa shape index (κ1) is 16.5. The van der Waals surface area contributed by atoms with Gasteiger partial charge < -0.3 is 4.57 Å². The van der Waals surface area contributed by atoms with Gasteiger partial charge in [0.15, 0.2) is 0 Å². The molecule has 1 amide bonds. The zero-order chi connectivity index (χ0) is 17.3. The molecule has 3 rings (SSSR count). The maximum atomic E-state index is 12.1. The highest BCUT2D eigenvalue weighted by atomic mass is 16.5. The molecule has 5 heteroatoms. The second kappa shape index (κ2) is 6.61. The van der Waals surface area contributed by atoms with E-state index in [1.165, 1.54) is 5.52 Å². The first-order valence-electron chi connectivity index (χ1n) is 8.48. The maximum absolute atomic E-state index is 12.1. The van der Waals surface area contributed by atoms with Crippen LogP contribution in [-0.2, 0) is 13.0 Å². The normalized spacial score (nSPS) is 11.3. The van der Waals surface area contributed by atoms with E-state index in [-0.39, 0.29) is 0 Å². The van der Waals surface area contributed by atoms with Crippen LogP contribution in [0.1, 0.15) is 48.4 Å². The van der Waals surface area contributed by atoms with Crippen molar-refractivity contribution >= 4 is 27.7 Å². The van der Waals surface area contributed by atoms with E-state index in [1.807, 2.05) is 26.0 Å². The highest BCUT2D eigenvalue weighted by Gasteiger charge is 2.22. The molecule has 0 aliphatic heterocycles. The van der Waals surface area contributed by atoms with E-state index < -0.39 is 5.91 Å². The van der Waals surface area contributed by atoms with E-state index in [9.17, 15) is 4.79 Å². The van der Waals surface area contributed by atoms with Crippen molar-refractivity contribution in [3.05, 3.63) is 41.2 Å². The molecule has 0 radical (unpaired) electrons. The molecule has 1 aromatic carbocycles. The molecule has 24 heavy (non-hydrogen) atoms. The number of unbranched alkanes of at least 4 members (excludes halogenated alkanes) is 1. The number of amides is 1. The van der Waals surface area contributed by atoms with Crippen molar-refractivity contribution in [3.63, 3.8) is 0 Å². The Labute approximate surface area is 141 Å². The van der Waals surface area contributed by atoms with E-state index in [0.29, 0.717) is 12.1 Å². The summed E-state index contributed by atoms with van der Waals surface area (Å²) >= 11 is 0. The van der Waals surface area contributed by atoms with Crippen LogP contribution in [0.5, 0.6) is 0 Å². The van der Waals surface area contributed by atoms with E-state index in [0.717, 1.165) is 46.9 Å². The summed E-state index contributed by atoms with van der Waals surface area (Å²) in [5, 5.41) is 11.3. The summed E-state index contributed by atoms with van der Waals surface area (Å²) in [6.45, 7) is 7.05. The average molecular weight is 325 g/mol. The Bertz CT molecular complexity index is 912. The third-order valence-corrected chi connectivity index (χ3v) is 4.59. The molecule has 0 bridgehead atoms. The second-order valence-electron chi connectivity index (χ2n) is 6.06. The van der Waals surface area contributed by atoms with Crippen LogP contribution in [0.2, 0.25) is 0 Å². The monoisotopic (exact) mass is 325 g/mol. The van der Waals surface area contributed by atoms with Crippen LogP contribution in [0.15, 0.2) is 24.3 Å². The van der Waals surface area contributed by atoms with Crippen LogP contribution < -0.4 is 5.48 Å². The molecule has 0 unspecified atom stereocenters. The van der Waals surface area contributed by atoms with Crippen LogP contribution in [0.3, 0.4) is 0 Å². The molecule has 5 nitrogen and oxygen atoms in total. The molecule has 2 N–H and O–H groups in total. The molecule has 0 aliphatic carbocycles. The molecule has 126 valence electrons. The minimum absolute atomic E-state index is 0.309. The number of nitrogens with zero attached hydrogens (tertiary/aromatic N) is 2. The van der Waals surface area contributed by atoms with Crippen LogP contribution in [0, 0.1) is 6.92 Å². The van der Waals surface area contributed by atoms with Crippen molar-refractivity contribution in [2.45, 2.75) is 46.6 Å². The summed E-state index contributed by atoms with van der Waals surface area (Å²) in [6.07, 6.45) is 2.88. The fourth-order valence-electron chi connectivity index (χ4n) is 3.53. The van der Waals surface area contributed by atoms with Crippen molar-refractivity contribution in [1.82, 2.24) is 15.0 Å². The number of aromatic nitrogens is 2. The largest absolute Gasteiger partial charge is 0.339 e. The van der Waals surface area contributed by atoms with E-state index >= 15 is 0 Å². The summed E-state index contributed by atoms with van der Waals surface area (Å²) in [6, 6.07) is 8.28. The van der Waals surface area contributed by atoms with Gasteiger partial charge in [-0.25, -0.2) is 10.5 Å². The van der Waals surface area contributed by atoms with Crippen LogP contribution >= 0.6 is 0 Å². The number of pyridine rings is 1. The van der Waals surface area contributed by atoms with Gasteiger partial charge in [-0.15, -0.1) is 0 Å². The van der Waals surface area contributed by atoms with Crippen molar-refractivity contribution < 1.29 is 10.0 Å². The Balaban J connectivity index is 2.46. The lowest BCUT2D eigenvalue weighted by atomic mass is 10.0. The zero-order valence-electron chi connectivity index (χ0n) is 14.4. The van der Waals surface area contributed by atoms with E-state index in [1.54, 1.807) is 5.48 Å². The Morgan fingerprint density at radius 2 is 2.04 bits per heavy atom. The summed E-state index contributed by atoms with van der Waals surface area (Å²) < 4.78 is 2.32. The Hall–Kier alpha value is -2.40. The number of carbonyl (C=O) groups is 1. The lowest BCUT2D eigenvalue weighted by Gasteiger charge is -2.12. The molecule has 0 aliphatic rings. The van der Waals surface area contributed by atoms with Crippen molar-refractivity contribution in [3.8, 4) is 0 Å². The van der Waals surface area contributed by atoms with E-state index in [2.05, 4.69) is 28.6 Å². The standard InChI is InChI=1S/C19H23N3O2/c1-4-6-11-22-15-10-8-7-9-14(15)16-13(5-2)17(19(23)21-24)20-12(3)18(16)22/h7-10,24H,4-6,11H2,1-3H3,(H,21,23). The minimum Gasteiger partial charge on any atom is -0.339 e. The Morgan fingerprint density at radius 3 is 2.71 bits per heavy atom. The SMILES string of the molecule is CCCCn1c2ccccc2c2c(CC)c(C(=O)NO)nc(C)c21. The molecule has 0 saturated carbocycles. The quantitative estimate of drug-likeness (QED) is 0.551. The first-order valence-corrected chi connectivity index (χ1v) is 8.48. The van der Waals surface area contributed by atoms with Gasteiger partial charge in [-0.2, -0.15) is 0 Å². The lowest BCUT2D eigenvalue weighted by molar-refractivity contribution is 0.0699. The number of fused-ring (bicyclic) bond motifs is 3. The number of carbonyl (C=O) groups excluding carboxylic acids is 1. The van der Waals surface area contributed by atoms with Crippen molar-refractivity contribution in [2.24, 2.45) is 0 Å². The van der Waals surface area contributed by atoms with Crippen LogP contribution in [0.25, 0.3) is 21.8 Å². The summed E-state index contributed by atoms with van der Waals surface area (Å²) in [5.41, 5.74) is 6.00. The Morgan fingerprint density at radius 1 is 1.29 bits per heavy atom. The summed E-state index contributed by atoms with van der Waals surface area (Å²) in [5.74, 6) is -0.553.